The van der Waals surface area contributed by atoms with Crippen LogP contribution in [-0.4, -0.2) is 70.2 Å². The van der Waals surface area contributed by atoms with E-state index < -0.39 is 0 Å². The SMILES string of the molecule is Cc1nc(C2CCCN2C(=O)CN2CCNC(=O)C2)ncc1C(=O)Nc1ccccc1. The Morgan fingerprint density at radius 2 is 2.03 bits per heavy atom. The number of hydrogen-bond acceptors (Lipinski definition) is 6. The lowest BCUT2D eigenvalue weighted by atomic mass is 10.1. The summed E-state index contributed by atoms with van der Waals surface area (Å²) in [5, 5.41) is 5.61. The molecule has 1 atom stereocenters. The molecule has 0 aliphatic carbocycles. The molecule has 0 bridgehead atoms. The van der Waals surface area contributed by atoms with E-state index in [2.05, 4.69) is 20.6 Å². The molecule has 0 saturated carbocycles. The van der Waals surface area contributed by atoms with Crippen LogP contribution in [-0.2, 0) is 9.59 Å². The van der Waals surface area contributed by atoms with Crippen LogP contribution in [0.4, 0.5) is 5.69 Å². The number of benzene rings is 1. The lowest BCUT2D eigenvalue weighted by Crippen LogP contribution is -2.51. The van der Waals surface area contributed by atoms with Gasteiger partial charge < -0.3 is 15.5 Å². The van der Waals surface area contributed by atoms with Crippen molar-refractivity contribution < 1.29 is 14.4 Å². The molecule has 1 unspecified atom stereocenters. The van der Waals surface area contributed by atoms with Crippen LogP contribution in [0.1, 0.15) is 40.8 Å². The summed E-state index contributed by atoms with van der Waals surface area (Å²) < 4.78 is 0. The summed E-state index contributed by atoms with van der Waals surface area (Å²) >= 11 is 0. The summed E-state index contributed by atoms with van der Waals surface area (Å²) in [5.41, 5.74) is 1.68. The second kappa shape index (κ2) is 9.22. The Balaban J connectivity index is 1.44. The monoisotopic (exact) mass is 422 g/mol. The minimum atomic E-state index is -0.266. The van der Waals surface area contributed by atoms with Crippen molar-refractivity contribution in [2.45, 2.75) is 25.8 Å². The Labute approximate surface area is 180 Å². The quantitative estimate of drug-likeness (QED) is 0.748. The van der Waals surface area contributed by atoms with Crippen LogP contribution < -0.4 is 10.6 Å². The lowest BCUT2D eigenvalue weighted by molar-refractivity contribution is -0.134. The molecule has 2 aromatic rings. The van der Waals surface area contributed by atoms with Crippen molar-refractivity contribution in [3.8, 4) is 0 Å². The molecule has 9 nitrogen and oxygen atoms in total. The number of nitrogens with one attached hydrogen (secondary N) is 2. The number of carbonyl (C=O) groups is 3. The third-order valence-corrected chi connectivity index (χ3v) is 5.62. The normalized spacial score (nSPS) is 19.2. The van der Waals surface area contributed by atoms with E-state index in [9.17, 15) is 14.4 Å². The molecule has 2 N–H and O–H groups in total. The van der Waals surface area contributed by atoms with Crippen molar-refractivity contribution in [1.82, 2.24) is 25.1 Å². The molecule has 1 aromatic heterocycles. The Morgan fingerprint density at radius 1 is 1.23 bits per heavy atom. The molecule has 3 heterocycles. The molecule has 2 aliphatic rings. The standard InChI is InChI=1S/C22H26N6O3/c1-15-17(22(31)26-16-6-3-2-4-7-16)12-24-21(25-15)18-8-5-10-28(18)20(30)14-27-11-9-23-19(29)13-27/h2-4,6-7,12,18H,5,8-11,13-14H2,1H3,(H,23,29)(H,26,31). The zero-order valence-corrected chi connectivity index (χ0v) is 17.5. The number of aryl methyl sites for hydroxylation is 1. The maximum Gasteiger partial charge on any atom is 0.259 e. The molecule has 9 heteroatoms. The van der Waals surface area contributed by atoms with Crippen LogP contribution in [0.15, 0.2) is 36.5 Å². The van der Waals surface area contributed by atoms with Gasteiger partial charge in [-0.2, -0.15) is 0 Å². The van der Waals surface area contributed by atoms with E-state index in [1.807, 2.05) is 35.2 Å². The lowest BCUT2D eigenvalue weighted by Gasteiger charge is -2.30. The first kappa shape index (κ1) is 20.9. The molecule has 0 radical (unpaired) electrons. The van der Waals surface area contributed by atoms with Gasteiger partial charge >= 0.3 is 0 Å². The fourth-order valence-corrected chi connectivity index (χ4v) is 4.03. The van der Waals surface area contributed by atoms with Gasteiger partial charge in [0.05, 0.1) is 30.4 Å². The highest BCUT2D eigenvalue weighted by Crippen LogP contribution is 2.30. The highest BCUT2D eigenvalue weighted by atomic mass is 16.2. The topological polar surface area (TPSA) is 108 Å². The van der Waals surface area contributed by atoms with Gasteiger partial charge in [0.2, 0.25) is 11.8 Å². The van der Waals surface area contributed by atoms with Gasteiger partial charge in [-0.1, -0.05) is 18.2 Å². The van der Waals surface area contributed by atoms with E-state index in [-0.39, 0.29) is 36.9 Å². The zero-order chi connectivity index (χ0) is 21.8. The third-order valence-electron chi connectivity index (χ3n) is 5.62. The summed E-state index contributed by atoms with van der Waals surface area (Å²) in [6, 6.07) is 9.00. The number of aromatic nitrogens is 2. The van der Waals surface area contributed by atoms with Crippen molar-refractivity contribution in [3.63, 3.8) is 0 Å². The number of carbonyl (C=O) groups excluding carboxylic acids is 3. The molecular weight excluding hydrogens is 396 g/mol. The molecular formula is C22H26N6O3. The first-order valence-corrected chi connectivity index (χ1v) is 10.5. The summed E-state index contributed by atoms with van der Waals surface area (Å²) in [6.45, 7) is 4.09. The van der Waals surface area contributed by atoms with Crippen molar-refractivity contribution in [1.29, 1.82) is 0 Å². The van der Waals surface area contributed by atoms with Crippen LogP contribution in [0.25, 0.3) is 0 Å². The van der Waals surface area contributed by atoms with Gasteiger partial charge in [-0.05, 0) is 31.9 Å². The fourth-order valence-electron chi connectivity index (χ4n) is 4.03. The van der Waals surface area contributed by atoms with Gasteiger partial charge in [0.1, 0.15) is 0 Å². The first-order chi connectivity index (χ1) is 15.0. The molecule has 4 rings (SSSR count). The molecule has 1 aromatic carbocycles. The highest BCUT2D eigenvalue weighted by Gasteiger charge is 2.33. The van der Waals surface area contributed by atoms with Crippen molar-refractivity contribution in [3.05, 3.63) is 53.6 Å². The summed E-state index contributed by atoms with van der Waals surface area (Å²) in [7, 11) is 0. The molecule has 3 amide bonds. The first-order valence-electron chi connectivity index (χ1n) is 10.5. The minimum Gasteiger partial charge on any atom is -0.354 e. The number of nitrogens with zero attached hydrogens (tertiary/aromatic N) is 4. The number of rotatable bonds is 5. The third kappa shape index (κ3) is 4.88. The molecule has 2 saturated heterocycles. The summed E-state index contributed by atoms with van der Waals surface area (Å²) in [5.74, 6) is 0.207. The number of amides is 3. The fraction of sp³-hybridized carbons (Fsp3) is 0.409. The molecule has 31 heavy (non-hydrogen) atoms. The second-order valence-electron chi connectivity index (χ2n) is 7.85. The van der Waals surface area contributed by atoms with Crippen molar-refractivity contribution in [2.24, 2.45) is 0 Å². The smallest absolute Gasteiger partial charge is 0.259 e. The molecule has 0 spiro atoms. The van der Waals surface area contributed by atoms with E-state index in [1.165, 1.54) is 6.20 Å². The Kier molecular flexibility index (Phi) is 6.22. The predicted octanol–water partition coefficient (Wildman–Crippen LogP) is 1.13. The maximum atomic E-state index is 12.9. The van der Waals surface area contributed by atoms with Gasteiger partial charge in [0.25, 0.3) is 5.91 Å². The van der Waals surface area contributed by atoms with Crippen molar-refractivity contribution in [2.75, 3.05) is 38.0 Å². The van der Waals surface area contributed by atoms with Crippen LogP contribution >= 0.6 is 0 Å². The van der Waals surface area contributed by atoms with E-state index in [4.69, 9.17) is 0 Å². The average molecular weight is 422 g/mol. The average Bonchev–Trinajstić information content (AvgIpc) is 3.24. The Hall–Kier alpha value is -3.33. The van der Waals surface area contributed by atoms with E-state index >= 15 is 0 Å². The number of piperazine rings is 1. The predicted molar refractivity (Wildman–Crippen MR) is 114 cm³/mol. The number of hydrogen-bond donors (Lipinski definition) is 2. The molecule has 2 aliphatic heterocycles. The Bertz CT molecular complexity index is 980. The van der Waals surface area contributed by atoms with Gasteiger partial charge in [-0.3, -0.25) is 19.3 Å². The minimum absolute atomic E-state index is 0.0237. The number of likely N-dealkylation sites (tertiary alicyclic amines) is 1. The van der Waals surface area contributed by atoms with Crippen molar-refractivity contribution >= 4 is 23.4 Å². The Morgan fingerprint density at radius 3 is 2.77 bits per heavy atom. The van der Waals surface area contributed by atoms with Crippen LogP contribution in [0.3, 0.4) is 0 Å². The van der Waals surface area contributed by atoms with E-state index in [0.29, 0.717) is 42.4 Å². The van der Waals surface area contributed by atoms with Crippen LogP contribution in [0, 0.1) is 6.92 Å². The van der Waals surface area contributed by atoms with Gasteiger partial charge in [0, 0.05) is 31.5 Å². The molecule has 2 fully saturated rings. The maximum absolute atomic E-state index is 12.9. The summed E-state index contributed by atoms with van der Waals surface area (Å²) in [4.78, 5) is 49.7. The second-order valence-corrected chi connectivity index (χ2v) is 7.85. The molecule has 162 valence electrons. The van der Waals surface area contributed by atoms with Gasteiger partial charge in [-0.15, -0.1) is 0 Å². The van der Waals surface area contributed by atoms with E-state index in [0.717, 1.165) is 12.8 Å². The largest absolute Gasteiger partial charge is 0.354 e. The van der Waals surface area contributed by atoms with E-state index in [1.54, 1.807) is 11.8 Å². The summed E-state index contributed by atoms with van der Waals surface area (Å²) in [6.07, 6.45) is 3.18. The van der Waals surface area contributed by atoms with Gasteiger partial charge in [-0.25, -0.2) is 9.97 Å². The number of anilines is 1. The van der Waals surface area contributed by atoms with Crippen LogP contribution in [0.5, 0.6) is 0 Å². The zero-order valence-electron chi connectivity index (χ0n) is 17.5. The number of para-hydroxylation sites is 1. The van der Waals surface area contributed by atoms with Gasteiger partial charge in [0.15, 0.2) is 5.82 Å². The highest BCUT2D eigenvalue weighted by molar-refractivity contribution is 6.04. The van der Waals surface area contributed by atoms with Crippen LogP contribution in [0.2, 0.25) is 0 Å².